The first kappa shape index (κ1) is 20.6. The number of piperazine rings is 1. The molecule has 1 heterocycles. The minimum Gasteiger partial charge on any atom is -0.495 e. The van der Waals surface area contributed by atoms with Crippen molar-refractivity contribution in [1.82, 2.24) is 9.21 Å². The molecule has 7 nitrogen and oxygen atoms in total. The van der Waals surface area contributed by atoms with Crippen molar-refractivity contribution in [2.24, 2.45) is 17.8 Å². The molecule has 3 aliphatic rings. The van der Waals surface area contributed by atoms with Gasteiger partial charge in [-0.15, -0.1) is 0 Å². The molecule has 1 aromatic carbocycles. The van der Waals surface area contributed by atoms with Gasteiger partial charge < -0.3 is 15.0 Å². The molecule has 0 unspecified atom stereocenters. The Balaban J connectivity index is 1.48. The summed E-state index contributed by atoms with van der Waals surface area (Å²) in [6.45, 7) is 2.36. The summed E-state index contributed by atoms with van der Waals surface area (Å²) in [5.74, 6) is 2.34. The Hall–Kier alpha value is -1.64. The number of amides is 1. The first-order valence-electron chi connectivity index (χ1n) is 10.5. The van der Waals surface area contributed by atoms with Crippen molar-refractivity contribution < 1.29 is 17.9 Å². The molecule has 2 aliphatic carbocycles. The molecule has 8 heteroatoms. The summed E-state index contributed by atoms with van der Waals surface area (Å²) in [4.78, 5) is 15.0. The summed E-state index contributed by atoms with van der Waals surface area (Å²) < 4.78 is 33.0. The molecule has 4 rings (SSSR count). The van der Waals surface area contributed by atoms with Gasteiger partial charge in [-0.2, -0.15) is 4.31 Å². The first-order chi connectivity index (χ1) is 13.9. The molecule has 3 atom stereocenters. The Morgan fingerprint density at radius 2 is 1.93 bits per heavy atom. The van der Waals surface area contributed by atoms with E-state index in [-0.39, 0.29) is 10.8 Å². The highest BCUT2D eigenvalue weighted by molar-refractivity contribution is 7.89. The quantitative estimate of drug-likeness (QED) is 0.763. The third-order valence-electron chi connectivity index (χ3n) is 6.88. The molecule has 2 saturated carbocycles. The molecule has 1 N–H and O–H groups in total. The highest BCUT2D eigenvalue weighted by atomic mass is 32.2. The van der Waals surface area contributed by atoms with Gasteiger partial charge in [-0.25, -0.2) is 8.42 Å². The van der Waals surface area contributed by atoms with Gasteiger partial charge in [0.25, 0.3) is 0 Å². The van der Waals surface area contributed by atoms with Crippen LogP contribution in [0.2, 0.25) is 0 Å². The molecule has 0 radical (unpaired) electrons. The molecular formula is C21H31N3O4S. The second kappa shape index (κ2) is 8.24. The zero-order valence-corrected chi connectivity index (χ0v) is 18.1. The van der Waals surface area contributed by atoms with Crippen LogP contribution < -0.4 is 10.1 Å². The predicted octanol–water partition coefficient (Wildman–Crippen LogP) is 2.40. The van der Waals surface area contributed by atoms with Crippen LogP contribution in [0.5, 0.6) is 5.75 Å². The van der Waals surface area contributed by atoms with Crippen molar-refractivity contribution in [3.05, 3.63) is 18.2 Å². The fraction of sp³-hybridized carbons (Fsp3) is 0.667. The zero-order chi connectivity index (χ0) is 20.6. The van der Waals surface area contributed by atoms with E-state index in [1.165, 1.54) is 36.7 Å². The number of methoxy groups -OCH3 is 1. The smallest absolute Gasteiger partial charge is 0.243 e. The number of carbonyl (C=O) groups is 1. The number of nitrogens with one attached hydrogen (secondary N) is 1. The number of fused-ring (bicyclic) bond motifs is 2. The van der Waals surface area contributed by atoms with E-state index < -0.39 is 10.0 Å². The van der Waals surface area contributed by atoms with Gasteiger partial charge in [-0.05, 0) is 62.3 Å². The average Bonchev–Trinajstić information content (AvgIpc) is 3.31. The molecule has 3 fully saturated rings. The Labute approximate surface area is 173 Å². The number of benzene rings is 1. The van der Waals surface area contributed by atoms with Gasteiger partial charge in [0.15, 0.2) is 0 Å². The lowest BCUT2D eigenvalue weighted by Gasteiger charge is -2.31. The molecule has 29 heavy (non-hydrogen) atoms. The van der Waals surface area contributed by atoms with Crippen LogP contribution in [0.1, 0.15) is 32.1 Å². The molecule has 1 amide bonds. The molecule has 0 aromatic heterocycles. The summed E-state index contributed by atoms with van der Waals surface area (Å²) in [5, 5.41) is 2.92. The third kappa shape index (κ3) is 4.29. The first-order valence-corrected chi connectivity index (χ1v) is 12.0. The number of ether oxygens (including phenoxy) is 1. The van der Waals surface area contributed by atoms with Gasteiger partial charge >= 0.3 is 0 Å². The van der Waals surface area contributed by atoms with Crippen molar-refractivity contribution in [3.63, 3.8) is 0 Å². The molecule has 2 bridgehead atoms. The number of sulfonamides is 1. The minimum atomic E-state index is -3.60. The molecule has 1 aliphatic heterocycles. The van der Waals surface area contributed by atoms with Crippen LogP contribution in [0.4, 0.5) is 5.69 Å². The summed E-state index contributed by atoms with van der Waals surface area (Å²) in [6.07, 6.45) is 5.46. The van der Waals surface area contributed by atoms with E-state index in [1.54, 1.807) is 12.1 Å². The van der Waals surface area contributed by atoms with Crippen molar-refractivity contribution in [3.8, 4) is 5.75 Å². The van der Waals surface area contributed by atoms with Gasteiger partial charge in [0.2, 0.25) is 15.9 Å². The van der Waals surface area contributed by atoms with Gasteiger partial charge in [-0.3, -0.25) is 4.79 Å². The maximum Gasteiger partial charge on any atom is 0.243 e. The average molecular weight is 422 g/mol. The predicted molar refractivity (Wildman–Crippen MR) is 111 cm³/mol. The van der Waals surface area contributed by atoms with Crippen LogP contribution in [-0.2, 0) is 14.8 Å². The van der Waals surface area contributed by atoms with Gasteiger partial charge in [0.05, 0.1) is 17.7 Å². The molecule has 1 saturated heterocycles. The SMILES string of the molecule is COc1ccc(S(=O)(=O)N2CCN(C)CC2)cc1NC(=O)C[C@@H]1C[C@H]2CC[C@@H]1C2. The number of likely N-dealkylation sites (N-methyl/N-ethyl adjacent to an activating group) is 1. The summed E-state index contributed by atoms with van der Waals surface area (Å²) in [7, 11) is -0.0876. The van der Waals surface area contributed by atoms with E-state index in [0.29, 0.717) is 55.9 Å². The molecule has 0 spiro atoms. The van der Waals surface area contributed by atoms with Gasteiger partial charge in [0.1, 0.15) is 5.75 Å². The largest absolute Gasteiger partial charge is 0.495 e. The summed E-state index contributed by atoms with van der Waals surface area (Å²) in [5.41, 5.74) is 0.427. The lowest BCUT2D eigenvalue weighted by molar-refractivity contribution is -0.117. The van der Waals surface area contributed by atoms with E-state index in [1.807, 2.05) is 7.05 Å². The van der Waals surface area contributed by atoms with Crippen molar-refractivity contribution in [1.29, 1.82) is 0 Å². The van der Waals surface area contributed by atoms with E-state index in [0.717, 1.165) is 12.3 Å². The number of carbonyl (C=O) groups excluding carboxylic acids is 1. The van der Waals surface area contributed by atoms with Crippen LogP contribution in [-0.4, -0.2) is 63.9 Å². The van der Waals surface area contributed by atoms with Crippen LogP contribution in [0.25, 0.3) is 0 Å². The van der Waals surface area contributed by atoms with Gasteiger partial charge in [-0.1, -0.05) is 6.42 Å². The summed E-state index contributed by atoms with van der Waals surface area (Å²) in [6, 6.07) is 4.71. The topological polar surface area (TPSA) is 79.0 Å². The van der Waals surface area contributed by atoms with E-state index in [4.69, 9.17) is 4.74 Å². The van der Waals surface area contributed by atoms with Crippen molar-refractivity contribution in [2.75, 3.05) is 45.7 Å². The molecular weight excluding hydrogens is 390 g/mol. The fourth-order valence-corrected chi connectivity index (χ4v) is 6.64. The Morgan fingerprint density at radius 3 is 2.55 bits per heavy atom. The van der Waals surface area contributed by atoms with Crippen LogP contribution >= 0.6 is 0 Å². The highest BCUT2D eigenvalue weighted by Crippen LogP contribution is 2.49. The maximum atomic E-state index is 13.1. The Morgan fingerprint density at radius 1 is 1.17 bits per heavy atom. The Kier molecular flexibility index (Phi) is 5.86. The number of anilines is 1. The Bertz CT molecular complexity index is 865. The van der Waals surface area contributed by atoms with Crippen LogP contribution in [0.15, 0.2) is 23.1 Å². The second-order valence-electron chi connectivity index (χ2n) is 8.76. The lowest BCUT2D eigenvalue weighted by Crippen LogP contribution is -2.47. The van der Waals surface area contributed by atoms with E-state index in [2.05, 4.69) is 10.2 Å². The normalized spacial score (nSPS) is 27.9. The molecule has 1 aromatic rings. The second-order valence-corrected chi connectivity index (χ2v) is 10.7. The maximum absolute atomic E-state index is 13.1. The van der Waals surface area contributed by atoms with E-state index in [9.17, 15) is 13.2 Å². The summed E-state index contributed by atoms with van der Waals surface area (Å²) >= 11 is 0. The van der Waals surface area contributed by atoms with E-state index >= 15 is 0 Å². The number of hydrogen-bond donors (Lipinski definition) is 1. The van der Waals surface area contributed by atoms with Crippen molar-refractivity contribution in [2.45, 2.75) is 37.0 Å². The number of nitrogens with zero attached hydrogens (tertiary/aromatic N) is 2. The van der Waals surface area contributed by atoms with Crippen molar-refractivity contribution >= 4 is 21.6 Å². The number of hydrogen-bond acceptors (Lipinski definition) is 5. The monoisotopic (exact) mass is 421 g/mol. The third-order valence-corrected chi connectivity index (χ3v) is 8.77. The fourth-order valence-electron chi connectivity index (χ4n) is 5.19. The zero-order valence-electron chi connectivity index (χ0n) is 17.3. The molecule has 160 valence electrons. The minimum absolute atomic E-state index is 0.0602. The lowest BCUT2D eigenvalue weighted by atomic mass is 9.86. The van der Waals surface area contributed by atoms with Crippen LogP contribution in [0.3, 0.4) is 0 Å². The highest BCUT2D eigenvalue weighted by Gasteiger charge is 2.40. The standard InChI is InChI=1S/C21H31N3O4S/c1-23-7-9-24(10-8-23)29(26,27)18-5-6-20(28-2)19(14-18)22-21(25)13-17-12-15-3-4-16(17)11-15/h5-6,14-17H,3-4,7-13H2,1-2H3,(H,22,25)/t15-,16+,17-/m0/s1. The van der Waals surface area contributed by atoms with Gasteiger partial charge in [0, 0.05) is 32.6 Å². The number of rotatable bonds is 6. The van der Waals surface area contributed by atoms with Crippen LogP contribution in [0, 0.1) is 17.8 Å².